The van der Waals surface area contributed by atoms with Crippen LogP contribution in [0.2, 0.25) is 0 Å². The Bertz CT molecular complexity index is 776. The number of ether oxygens (including phenoxy) is 1. The van der Waals surface area contributed by atoms with Crippen LogP contribution in [-0.4, -0.2) is 0 Å². The number of nitrogens with one attached hydrogen (secondary N) is 1. The summed E-state index contributed by atoms with van der Waals surface area (Å²) in [7, 11) is 0. The molecule has 0 spiro atoms. The predicted octanol–water partition coefficient (Wildman–Crippen LogP) is 5.49. The molecule has 0 atom stereocenters. The number of hydrogen-bond acceptors (Lipinski definition) is 2. The van der Waals surface area contributed by atoms with Gasteiger partial charge in [0.05, 0.1) is 0 Å². The molecule has 0 aromatic heterocycles. The topological polar surface area (TPSA) is 21.3 Å². The van der Waals surface area contributed by atoms with E-state index >= 15 is 0 Å². The van der Waals surface area contributed by atoms with Crippen LogP contribution in [0, 0.1) is 13.8 Å². The average molecular weight is 317 g/mol. The molecule has 2 heteroatoms. The molecule has 1 N–H and O–H groups in total. The van der Waals surface area contributed by atoms with Crippen molar-refractivity contribution in [3.63, 3.8) is 0 Å². The highest BCUT2D eigenvalue weighted by atomic mass is 16.5. The zero-order valence-corrected chi connectivity index (χ0v) is 14.3. The SMILES string of the molecule is Cc1ccc(NCc2ccc(OCc3cccc(C)c3)cc2)cc1. The zero-order valence-electron chi connectivity index (χ0n) is 14.3. The van der Waals surface area contributed by atoms with E-state index < -0.39 is 0 Å². The average Bonchev–Trinajstić information content (AvgIpc) is 2.60. The maximum Gasteiger partial charge on any atom is 0.119 e. The summed E-state index contributed by atoms with van der Waals surface area (Å²) in [5, 5.41) is 3.43. The smallest absolute Gasteiger partial charge is 0.119 e. The fraction of sp³-hybridized carbons (Fsp3) is 0.182. The van der Waals surface area contributed by atoms with E-state index in [1.165, 1.54) is 22.3 Å². The molecule has 0 heterocycles. The van der Waals surface area contributed by atoms with E-state index in [0.29, 0.717) is 6.61 Å². The van der Waals surface area contributed by atoms with Crippen LogP contribution in [0.25, 0.3) is 0 Å². The van der Waals surface area contributed by atoms with Crippen LogP contribution in [0.4, 0.5) is 5.69 Å². The normalized spacial score (nSPS) is 10.4. The summed E-state index contributed by atoms with van der Waals surface area (Å²) in [6, 6.07) is 25.1. The van der Waals surface area contributed by atoms with Crippen LogP contribution in [-0.2, 0) is 13.2 Å². The van der Waals surface area contributed by atoms with E-state index in [9.17, 15) is 0 Å². The first-order valence-electron chi connectivity index (χ1n) is 8.27. The van der Waals surface area contributed by atoms with Crippen LogP contribution in [0.15, 0.2) is 72.8 Å². The standard InChI is InChI=1S/C22H23NO/c1-17-6-10-21(11-7-17)23-15-19-8-12-22(13-9-19)24-16-20-5-3-4-18(2)14-20/h3-14,23H,15-16H2,1-2H3. The van der Waals surface area contributed by atoms with Gasteiger partial charge in [0.25, 0.3) is 0 Å². The second kappa shape index (κ2) is 7.69. The van der Waals surface area contributed by atoms with Crippen molar-refractivity contribution in [3.05, 3.63) is 95.1 Å². The minimum Gasteiger partial charge on any atom is -0.489 e. The first-order valence-corrected chi connectivity index (χ1v) is 8.27. The number of hydrogen-bond donors (Lipinski definition) is 1. The molecule has 0 bridgehead atoms. The summed E-state index contributed by atoms with van der Waals surface area (Å²) in [6.45, 7) is 5.60. The summed E-state index contributed by atoms with van der Waals surface area (Å²) in [4.78, 5) is 0. The van der Waals surface area contributed by atoms with Gasteiger partial charge in [-0.15, -0.1) is 0 Å². The van der Waals surface area contributed by atoms with E-state index in [0.717, 1.165) is 18.0 Å². The molecule has 0 saturated heterocycles. The van der Waals surface area contributed by atoms with E-state index in [1.54, 1.807) is 0 Å². The minimum atomic E-state index is 0.600. The fourth-order valence-corrected chi connectivity index (χ4v) is 2.55. The van der Waals surface area contributed by atoms with Crippen LogP contribution < -0.4 is 10.1 Å². The van der Waals surface area contributed by atoms with Gasteiger partial charge in [-0.3, -0.25) is 0 Å². The van der Waals surface area contributed by atoms with Crippen LogP contribution in [0.5, 0.6) is 5.75 Å². The highest BCUT2D eigenvalue weighted by Crippen LogP contribution is 2.16. The van der Waals surface area contributed by atoms with E-state index in [-0.39, 0.29) is 0 Å². The van der Waals surface area contributed by atoms with Crippen molar-refractivity contribution in [1.82, 2.24) is 0 Å². The largest absolute Gasteiger partial charge is 0.489 e. The third-order valence-electron chi connectivity index (χ3n) is 3.96. The first kappa shape index (κ1) is 16.1. The van der Waals surface area contributed by atoms with Gasteiger partial charge in [0.15, 0.2) is 0 Å². The third kappa shape index (κ3) is 4.63. The van der Waals surface area contributed by atoms with Crippen LogP contribution in [0.3, 0.4) is 0 Å². The maximum atomic E-state index is 5.86. The van der Waals surface area contributed by atoms with Crippen molar-refractivity contribution in [2.75, 3.05) is 5.32 Å². The Labute approximate surface area is 144 Å². The summed E-state index contributed by atoms with van der Waals surface area (Å²) in [6.07, 6.45) is 0. The molecule has 0 fully saturated rings. The highest BCUT2D eigenvalue weighted by Gasteiger charge is 1.99. The second-order valence-electron chi connectivity index (χ2n) is 6.14. The predicted molar refractivity (Wildman–Crippen MR) is 100 cm³/mol. The van der Waals surface area contributed by atoms with Gasteiger partial charge in [0.2, 0.25) is 0 Å². The molecule has 0 unspecified atom stereocenters. The molecule has 3 aromatic carbocycles. The number of aryl methyl sites for hydroxylation is 2. The third-order valence-corrected chi connectivity index (χ3v) is 3.96. The molecule has 0 saturated carbocycles. The van der Waals surface area contributed by atoms with Crippen molar-refractivity contribution in [2.45, 2.75) is 27.0 Å². The molecule has 3 aromatic rings. The lowest BCUT2D eigenvalue weighted by molar-refractivity contribution is 0.306. The molecule has 0 aliphatic rings. The molecule has 0 radical (unpaired) electrons. The summed E-state index contributed by atoms with van der Waals surface area (Å²) in [5.41, 5.74) is 6.10. The molecule has 0 amide bonds. The number of anilines is 1. The molecule has 24 heavy (non-hydrogen) atoms. The Kier molecular flexibility index (Phi) is 5.17. The Morgan fingerprint density at radius 1 is 0.750 bits per heavy atom. The van der Waals surface area contributed by atoms with Crippen molar-refractivity contribution in [1.29, 1.82) is 0 Å². The molecule has 0 aliphatic carbocycles. The van der Waals surface area contributed by atoms with Crippen molar-refractivity contribution in [3.8, 4) is 5.75 Å². The van der Waals surface area contributed by atoms with Gasteiger partial charge in [0, 0.05) is 12.2 Å². The van der Waals surface area contributed by atoms with Crippen LogP contribution in [0.1, 0.15) is 22.3 Å². The summed E-state index contributed by atoms with van der Waals surface area (Å²) >= 11 is 0. The molecular formula is C22H23NO. The molecule has 3 rings (SSSR count). The maximum absolute atomic E-state index is 5.86. The fourth-order valence-electron chi connectivity index (χ4n) is 2.55. The summed E-state index contributed by atoms with van der Waals surface area (Å²) < 4.78 is 5.86. The van der Waals surface area contributed by atoms with Gasteiger partial charge in [0.1, 0.15) is 12.4 Å². The summed E-state index contributed by atoms with van der Waals surface area (Å²) in [5.74, 6) is 0.899. The monoisotopic (exact) mass is 317 g/mol. The van der Waals surface area contributed by atoms with E-state index in [2.05, 4.69) is 79.8 Å². The molecule has 122 valence electrons. The minimum absolute atomic E-state index is 0.600. The Balaban J connectivity index is 1.52. The van der Waals surface area contributed by atoms with Gasteiger partial charge in [-0.1, -0.05) is 59.7 Å². The lowest BCUT2D eigenvalue weighted by Crippen LogP contribution is -2.00. The zero-order chi connectivity index (χ0) is 16.8. The quantitative estimate of drug-likeness (QED) is 0.648. The van der Waals surface area contributed by atoms with Gasteiger partial charge in [-0.05, 0) is 49.2 Å². The van der Waals surface area contributed by atoms with Crippen molar-refractivity contribution >= 4 is 5.69 Å². The molecular weight excluding hydrogens is 294 g/mol. The lowest BCUT2D eigenvalue weighted by atomic mass is 10.1. The Hall–Kier alpha value is -2.74. The number of benzene rings is 3. The van der Waals surface area contributed by atoms with Gasteiger partial charge >= 0.3 is 0 Å². The highest BCUT2D eigenvalue weighted by molar-refractivity contribution is 5.45. The van der Waals surface area contributed by atoms with Gasteiger partial charge < -0.3 is 10.1 Å². The molecule has 0 aliphatic heterocycles. The van der Waals surface area contributed by atoms with Crippen molar-refractivity contribution in [2.24, 2.45) is 0 Å². The van der Waals surface area contributed by atoms with Gasteiger partial charge in [-0.2, -0.15) is 0 Å². The second-order valence-corrected chi connectivity index (χ2v) is 6.14. The van der Waals surface area contributed by atoms with Crippen LogP contribution >= 0.6 is 0 Å². The van der Waals surface area contributed by atoms with Crippen molar-refractivity contribution < 1.29 is 4.74 Å². The number of rotatable bonds is 6. The Morgan fingerprint density at radius 2 is 1.50 bits per heavy atom. The Morgan fingerprint density at radius 3 is 2.21 bits per heavy atom. The first-order chi connectivity index (χ1) is 11.7. The van der Waals surface area contributed by atoms with Gasteiger partial charge in [-0.25, -0.2) is 0 Å². The lowest BCUT2D eigenvalue weighted by Gasteiger charge is -2.09. The van der Waals surface area contributed by atoms with E-state index in [1.807, 2.05) is 12.1 Å². The molecule has 2 nitrogen and oxygen atoms in total. The van der Waals surface area contributed by atoms with E-state index in [4.69, 9.17) is 4.74 Å².